The number of amides is 2. The number of para-hydroxylation sites is 1. The first-order chi connectivity index (χ1) is 12.9. The highest BCUT2D eigenvalue weighted by atomic mass is 35.5. The topological polar surface area (TPSA) is 121 Å². The Morgan fingerprint density at radius 3 is 2.74 bits per heavy atom. The Morgan fingerprint density at radius 2 is 2.04 bits per heavy atom. The third kappa shape index (κ3) is 5.80. The van der Waals surface area contributed by atoms with Crippen molar-refractivity contribution >= 4 is 35.1 Å². The second-order valence-electron chi connectivity index (χ2n) is 5.32. The van der Waals surface area contributed by atoms with E-state index in [4.69, 9.17) is 21.6 Å². The van der Waals surface area contributed by atoms with Gasteiger partial charge in [-0.3, -0.25) is 19.4 Å². The molecule has 1 heterocycles. The number of rotatable bonds is 6. The van der Waals surface area contributed by atoms with E-state index in [-0.39, 0.29) is 11.3 Å². The second-order valence-corrected chi connectivity index (χ2v) is 5.76. The lowest BCUT2D eigenvalue weighted by molar-refractivity contribution is -0.152. The molecule has 0 unspecified atom stereocenters. The van der Waals surface area contributed by atoms with Crippen LogP contribution in [-0.4, -0.2) is 35.4 Å². The van der Waals surface area contributed by atoms with Crippen molar-refractivity contribution in [2.75, 3.05) is 11.9 Å². The van der Waals surface area contributed by atoms with Crippen LogP contribution in [0.4, 0.5) is 5.69 Å². The molecule has 0 aliphatic rings. The van der Waals surface area contributed by atoms with E-state index in [1.807, 2.05) is 6.07 Å². The molecule has 1 aromatic carbocycles. The zero-order chi connectivity index (χ0) is 19.8. The highest BCUT2D eigenvalue weighted by molar-refractivity contribution is 6.30. The van der Waals surface area contributed by atoms with Crippen LogP contribution >= 0.6 is 11.6 Å². The summed E-state index contributed by atoms with van der Waals surface area (Å²) in [6, 6.07) is 11.2. The summed E-state index contributed by atoms with van der Waals surface area (Å²) >= 11 is 5.77. The lowest BCUT2D eigenvalue weighted by Gasteiger charge is -2.14. The predicted molar refractivity (Wildman–Crippen MR) is 96.9 cm³/mol. The van der Waals surface area contributed by atoms with E-state index in [0.29, 0.717) is 10.7 Å². The molecule has 27 heavy (non-hydrogen) atoms. The number of benzene rings is 1. The Morgan fingerprint density at radius 1 is 1.30 bits per heavy atom. The van der Waals surface area contributed by atoms with E-state index in [9.17, 15) is 14.4 Å². The maximum atomic E-state index is 12.1. The predicted octanol–water partition coefficient (Wildman–Crippen LogP) is 1.91. The number of pyridine rings is 1. The molecule has 0 aliphatic carbocycles. The molecule has 1 atom stereocenters. The number of anilines is 1. The summed E-state index contributed by atoms with van der Waals surface area (Å²) in [5.41, 5.74) is 0.646. The standard InChI is InChI=1S/C18H15ClN4O4/c1-11(17(25)23-14-5-3-2-4-12(14)9-20)27-16(24)10-22-18(26)15-8-13(19)6-7-21-15/h2-8,11H,10H2,1H3,(H,22,26)(H,23,25)/t11-/m0/s1. The fourth-order valence-corrected chi connectivity index (χ4v) is 2.15. The summed E-state index contributed by atoms with van der Waals surface area (Å²) in [6.45, 7) is 0.933. The van der Waals surface area contributed by atoms with Crippen molar-refractivity contribution in [3.05, 3.63) is 58.9 Å². The summed E-state index contributed by atoms with van der Waals surface area (Å²) in [5, 5.41) is 14.2. The maximum Gasteiger partial charge on any atom is 0.326 e. The number of hydrogen-bond donors (Lipinski definition) is 2. The van der Waals surface area contributed by atoms with Crippen molar-refractivity contribution < 1.29 is 19.1 Å². The van der Waals surface area contributed by atoms with Crippen molar-refractivity contribution in [2.24, 2.45) is 0 Å². The van der Waals surface area contributed by atoms with Gasteiger partial charge in [-0.2, -0.15) is 5.26 Å². The third-order valence-electron chi connectivity index (χ3n) is 3.33. The average molecular weight is 387 g/mol. The molecule has 138 valence electrons. The Bertz CT molecular complexity index is 910. The first-order valence-electron chi connectivity index (χ1n) is 7.80. The number of hydrogen-bond acceptors (Lipinski definition) is 6. The summed E-state index contributed by atoms with van der Waals surface area (Å²) in [4.78, 5) is 39.6. The minimum absolute atomic E-state index is 0.0502. The first-order valence-corrected chi connectivity index (χ1v) is 8.17. The lowest BCUT2D eigenvalue weighted by atomic mass is 10.2. The van der Waals surface area contributed by atoms with Gasteiger partial charge < -0.3 is 15.4 Å². The van der Waals surface area contributed by atoms with Gasteiger partial charge in [-0.05, 0) is 31.2 Å². The van der Waals surface area contributed by atoms with E-state index in [0.717, 1.165) is 0 Å². The minimum Gasteiger partial charge on any atom is -0.451 e. The molecule has 2 aromatic rings. The summed E-state index contributed by atoms with van der Waals surface area (Å²) in [7, 11) is 0. The zero-order valence-electron chi connectivity index (χ0n) is 14.2. The number of carbonyl (C=O) groups excluding carboxylic acids is 3. The fraction of sp³-hybridized carbons (Fsp3) is 0.167. The minimum atomic E-state index is -1.12. The van der Waals surface area contributed by atoms with Gasteiger partial charge in [0.2, 0.25) is 0 Å². The van der Waals surface area contributed by atoms with Crippen LogP contribution in [0.3, 0.4) is 0 Å². The molecule has 0 aliphatic heterocycles. The van der Waals surface area contributed by atoms with Crippen LogP contribution in [0.2, 0.25) is 5.02 Å². The average Bonchev–Trinajstić information content (AvgIpc) is 2.66. The van der Waals surface area contributed by atoms with Gasteiger partial charge >= 0.3 is 5.97 Å². The molecule has 0 fully saturated rings. The van der Waals surface area contributed by atoms with E-state index in [1.54, 1.807) is 24.3 Å². The van der Waals surface area contributed by atoms with Gasteiger partial charge in [0.1, 0.15) is 18.3 Å². The van der Waals surface area contributed by atoms with E-state index in [1.165, 1.54) is 25.3 Å². The number of halogens is 1. The third-order valence-corrected chi connectivity index (χ3v) is 3.57. The summed E-state index contributed by atoms with van der Waals surface area (Å²) in [5.74, 6) is -2.01. The van der Waals surface area contributed by atoms with E-state index >= 15 is 0 Å². The molecule has 2 amide bonds. The number of esters is 1. The van der Waals surface area contributed by atoms with Gasteiger partial charge in [0.25, 0.3) is 11.8 Å². The van der Waals surface area contributed by atoms with Crippen molar-refractivity contribution in [3.63, 3.8) is 0 Å². The monoisotopic (exact) mass is 386 g/mol. The van der Waals surface area contributed by atoms with Gasteiger partial charge in [0, 0.05) is 11.2 Å². The SMILES string of the molecule is C[C@H](OC(=O)CNC(=O)c1cc(Cl)ccn1)C(=O)Nc1ccccc1C#N. The molecule has 0 radical (unpaired) electrons. The number of carbonyl (C=O) groups is 3. The fourth-order valence-electron chi connectivity index (χ4n) is 1.99. The molecule has 2 N–H and O–H groups in total. The number of nitrogens with one attached hydrogen (secondary N) is 2. The van der Waals surface area contributed by atoms with Crippen LogP contribution < -0.4 is 10.6 Å². The Kier molecular flexibility index (Phi) is 6.86. The van der Waals surface area contributed by atoms with Crippen molar-refractivity contribution in [1.82, 2.24) is 10.3 Å². The smallest absolute Gasteiger partial charge is 0.326 e. The Balaban J connectivity index is 1.85. The van der Waals surface area contributed by atoms with Crippen LogP contribution in [-0.2, 0) is 14.3 Å². The maximum absolute atomic E-state index is 12.1. The molecule has 0 saturated carbocycles. The highest BCUT2D eigenvalue weighted by Crippen LogP contribution is 2.14. The van der Waals surface area contributed by atoms with Crippen molar-refractivity contribution in [3.8, 4) is 6.07 Å². The summed E-state index contributed by atoms with van der Waals surface area (Å²) in [6.07, 6.45) is 0.242. The van der Waals surface area contributed by atoms with Gasteiger partial charge in [0.05, 0.1) is 11.3 Å². The molecule has 0 spiro atoms. The van der Waals surface area contributed by atoms with Crippen LogP contribution in [0.5, 0.6) is 0 Å². The number of ether oxygens (including phenoxy) is 1. The lowest BCUT2D eigenvalue weighted by Crippen LogP contribution is -2.36. The van der Waals surface area contributed by atoms with Crippen molar-refractivity contribution in [1.29, 1.82) is 5.26 Å². The second kappa shape index (κ2) is 9.31. The molecule has 0 bridgehead atoms. The van der Waals surface area contributed by atoms with Gasteiger partial charge in [-0.25, -0.2) is 0 Å². The molecule has 1 aromatic heterocycles. The quantitative estimate of drug-likeness (QED) is 0.731. The molecular formula is C18H15ClN4O4. The highest BCUT2D eigenvalue weighted by Gasteiger charge is 2.19. The van der Waals surface area contributed by atoms with Crippen LogP contribution in [0.15, 0.2) is 42.6 Å². The van der Waals surface area contributed by atoms with Gasteiger partial charge in [-0.15, -0.1) is 0 Å². The van der Waals surface area contributed by atoms with Crippen LogP contribution in [0.25, 0.3) is 0 Å². The molecular weight excluding hydrogens is 372 g/mol. The zero-order valence-corrected chi connectivity index (χ0v) is 15.0. The van der Waals surface area contributed by atoms with Crippen LogP contribution in [0.1, 0.15) is 23.0 Å². The van der Waals surface area contributed by atoms with Gasteiger partial charge in [-0.1, -0.05) is 23.7 Å². The molecule has 0 saturated heterocycles. The molecule has 9 heteroatoms. The Labute approximate surface area is 160 Å². The van der Waals surface area contributed by atoms with Crippen LogP contribution in [0, 0.1) is 11.3 Å². The number of nitrogens with zero attached hydrogens (tertiary/aromatic N) is 2. The Hall–Kier alpha value is -3.44. The molecule has 8 nitrogen and oxygen atoms in total. The molecule has 2 rings (SSSR count). The largest absolute Gasteiger partial charge is 0.451 e. The number of aromatic nitrogens is 1. The normalized spacial score (nSPS) is 11.0. The summed E-state index contributed by atoms with van der Waals surface area (Å²) < 4.78 is 4.97. The number of nitriles is 1. The van der Waals surface area contributed by atoms with E-state index < -0.39 is 30.4 Å². The van der Waals surface area contributed by atoms with Gasteiger partial charge in [0.15, 0.2) is 6.10 Å². The van der Waals surface area contributed by atoms with E-state index in [2.05, 4.69) is 15.6 Å². The van der Waals surface area contributed by atoms with Crippen molar-refractivity contribution in [2.45, 2.75) is 13.0 Å². The first kappa shape index (κ1) is 19.9.